The van der Waals surface area contributed by atoms with E-state index in [4.69, 9.17) is 5.11 Å². The SMILES string of the molecule is [O]C1=C(CO)OC(=O)C(=O)C1=O. The van der Waals surface area contributed by atoms with Crippen LogP contribution >= 0.6 is 0 Å². The molecule has 1 heterocycles. The lowest BCUT2D eigenvalue weighted by Crippen LogP contribution is -2.33. The molecule has 0 aliphatic carbocycles. The third-order valence-electron chi connectivity index (χ3n) is 1.21. The van der Waals surface area contributed by atoms with Gasteiger partial charge >= 0.3 is 11.8 Å². The van der Waals surface area contributed by atoms with Crippen LogP contribution in [0.1, 0.15) is 0 Å². The molecule has 0 atom stereocenters. The summed E-state index contributed by atoms with van der Waals surface area (Å²) in [7, 11) is 0. The van der Waals surface area contributed by atoms with Gasteiger partial charge in [0.1, 0.15) is 6.61 Å². The van der Waals surface area contributed by atoms with Crippen LogP contribution in [0.25, 0.3) is 0 Å². The number of Topliss-reactive ketones (excluding diaryl/α,β-unsaturated/α-hetero) is 2. The zero-order valence-electron chi connectivity index (χ0n) is 5.70. The van der Waals surface area contributed by atoms with E-state index >= 15 is 0 Å². The highest BCUT2D eigenvalue weighted by molar-refractivity contribution is 6.66. The lowest BCUT2D eigenvalue weighted by molar-refractivity contribution is -0.157. The van der Waals surface area contributed by atoms with E-state index in [9.17, 15) is 19.5 Å². The molecule has 6 heteroatoms. The topological polar surface area (TPSA) is 101 Å². The molecule has 0 aromatic heterocycles. The van der Waals surface area contributed by atoms with Crippen LogP contribution in [0.15, 0.2) is 11.5 Å². The van der Waals surface area contributed by atoms with Crippen molar-refractivity contribution in [2.45, 2.75) is 0 Å². The Morgan fingerprint density at radius 2 is 1.75 bits per heavy atom. The number of aliphatic hydroxyl groups is 1. The standard InChI is InChI=1S/C6H3O6/c7-1-2-3(8)4(9)5(10)6(11)12-2/h7H,1H2. The van der Waals surface area contributed by atoms with Crippen molar-refractivity contribution in [2.75, 3.05) is 6.61 Å². The predicted molar refractivity (Wildman–Crippen MR) is 30.9 cm³/mol. The number of ether oxygens (including phenoxy) is 1. The van der Waals surface area contributed by atoms with Crippen molar-refractivity contribution in [1.82, 2.24) is 0 Å². The molecule has 0 fully saturated rings. The molecule has 12 heavy (non-hydrogen) atoms. The number of aliphatic hydroxyl groups excluding tert-OH is 1. The summed E-state index contributed by atoms with van der Waals surface area (Å²) in [6.07, 6.45) is 0. The van der Waals surface area contributed by atoms with Gasteiger partial charge in [-0.3, -0.25) is 14.7 Å². The monoisotopic (exact) mass is 171 g/mol. The quantitative estimate of drug-likeness (QED) is 0.375. The van der Waals surface area contributed by atoms with Gasteiger partial charge in [-0.25, -0.2) is 4.79 Å². The molecule has 0 aromatic carbocycles. The minimum atomic E-state index is -1.50. The van der Waals surface area contributed by atoms with Crippen molar-refractivity contribution in [3.8, 4) is 0 Å². The molecule has 1 aliphatic rings. The van der Waals surface area contributed by atoms with Gasteiger partial charge in [-0.2, -0.15) is 0 Å². The number of esters is 1. The molecule has 6 nitrogen and oxygen atoms in total. The fourth-order valence-electron chi connectivity index (χ4n) is 0.631. The Morgan fingerprint density at radius 3 is 2.25 bits per heavy atom. The maximum atomic E-state index is 10.7. The van der Waals surface area contributed by atoms with E-state index in [0.29, 0.717) is 0 Å². The number of allylic oxidation sites excluding steroid dienone is 1. The third-order valence-corrected chi connectivity index (χ3v) is 1.21. The second kappa shape index (κ2) is 2.74. The normalized spacial score (nSPS) is 18.2. The zero-order chi connectivity index (χ0) is 9.30. The van der Waals surface area contributed by atoms with Crippen molar-refractivity contribution >= 4 is 17.5 Å². The molecule has 63 valence electrons. The van der Waals surface area contributed by atoms with E-state index in [2.05, 4.69) is 4.74 Å². The highest BCUT2D eigenvalue weighted by Crippen LogP contribution is 2.12. The molecule has 0 amide bonds. The molecular weight excluding hydrogens is 168 g/mol. The Hall–Kier alpha value is -1.69. The number of carbonyl (C=O) groups excluding carboxylic acids is 3. The van der Waals surface area contributed by atoms with Gasteiger partial charge in [0, 0.05) is 0 Å². The number of hydrogen-bond acceptors (Lipinski definition) is 5. The van der Waals surface area contributed by atoms with Crippen LogP contribution in [0.3, 0.4) is 0 Å². The van der Waals surface area contributed by atoms with Crippen LogP contribution in [0, 0.1) is 0 Å². The van der Waals surface area contributed by atoms with Gasteiger partial charge in [0.05, 0.1) is 0 Å². The van der Waals surface area contributed by atoms with Crippen molar-refractivity contribution in [1.29, 1.82) is 0 Å². The average molecular weight is 171 g/mol. The van der Waals surface area contributed by atoms with Crippen molar-refractivity contribution in [3.63, 3.8) is 0 Å². The van der Waals surface area contributed by atoms with Crippen LogP contribution in [0.4, 0.5) is 0 Å². The number of rotatable bonds is 1. The number of cyclic esters (lactones) is 1. The third kappa shape index (κ3) is 1.08. The van der Waals surface area contributed by atoms with Crippen molar-refractivity contribution < 1.29 is 29.3 Å². The second-order valence-electron chi connectivity index (χ2n) is 1.96. The molecule has 0 saturated heterocycles. The molecule has 0 bridgehead atoms. The summed E-state index contributed by atoms with van der Waals surface area (Å²) < 4.78 is 4.04. The van der Waals surface area contributed by atoms with Crippen LogP contribution < -0.4 is 0 Å². The summed E-state index contributed by atoms with van der Waals surface area (Å²) in [6, 6.07) is 0. The van der Waals surface area contributed by atoms with E-state index in [-0.39, 0.29) is 0 Å². The summed E-state index contributed by atoms with van der Waals surface area (Å²) in [4.78, 5) is 31.5. The van der Waals surface area contributed by atoms with Crippen molar-refractivity contribution in [3.05, 3.63) is 11.5 Å². The van der Waals surface area contributed by atoms with Gasteiger partial charge in [0.25, 0.3) is 11.5 Å². The van der Waals surface area contributed by atoms with E-state index in [1.54, 1.807) is 0 Å². The van der Waals surface area contributed by atoms with E-state index < -0.39 is 35.7 Å². The second-order valence-corrected chi connectivity index (χ2v) is 1.96. The average Bonchev–Trinajstić information content (AvgIpc) is 2.08. The molecule has 0 spiro atoms. The highest BCUT2D eigenvalue weighted by atomic mass is 16.6. The van der Waals surface area contributed by atoms with Crippen LogP contribution in [-0.4, -0.2) is 29.2 Å². The van der Waals surface area contributed by atoms with E-state index in [1.807, 2.05) is 0 Å². The van der Waals surface area contributed by atoms with Gasteiger partial charge < -0.3 is 9.84 Å². The molecule has 1 aliphatic heterocycles. The largest absolute Gasteiger partial charge is 0.418 e. The zero-order valence-corrected chi connectivity index (χ0v) is 5.70. The van der Waals surface area contributed by atoms with Crippen LogP contribution in [-0.2, 0) is 24.2 Å². The van der Waals surface area contributed by atoms with Gasteiger partial charge in [0.15, 0.2) is 5.76 Å². The molecule has 0 aromatic rings. The van der Waals surface area contributed by atoms with Gasteiger partial charge in [-0.15, -0.1) is 0 Å². The first-order chi connectivity index (χ1) is 5.57. The molecular formula is C6H3O6. The number of ketones is 2. The summed E-state index contributed by atoms with van der Waals surface area (Å²) in [5.74, 6) is -6.36. The van der Waals surface area contributed by atoms with Gasteiger partial charge in [0.2, 0.25) is 0 Å². The Kier molecular flexibility index (Phi) is 1.92. The maximum Gasteiger partial charge on any atom is 0.388 e. The fourth-order valence-corrected chi connectivity index (χ4v) is 0.631. The van der Waals surface area contributed by atoms with Crippen molar-refractivity contribution in [2.24, 2.45) is 0 Å². The molecule has 1 rings (SSSR count). The number of hydrogen-bond donors (Lipinski definition) is 1. The predicted octanol–water partition coefficient (Wildman–Crippen LogP) is -1.68. The summed E-state index contributed by atoms with van der Waals surface area (Å²) in [6.45, 7) is -0.871. The maximum absolute atomic E-state index is 10.7. The van der Waals surface area contributed by atoms with Gasteiger partial charge in [-0.05, 0) is 0 Å². The van der Waals surface area contributed by atoms with E-state index in [0.717, 1.165) is 0 Å². The fraction of sp³-hybridized carbons (Fsp3) is 0.167. The molecule has 1 radical (unpaired) electrons. The molecule has 1 N–H and O–H groups in total. The Balaban J connectivity index is 3.12. The minimum Gasteiger partial charge on any atom is -0.418 e. The Morgan fingerprint density at radius 1 is 1.17 bits per heavy atom. The molecule has 0 saturated carbocycles. The van der Waals surface area contributed by atoms with Crippen LogP contribution in [0.2, 0.25) is 0 Å². The molecule has 0 unspecified atom stereocenters. The first-order valence-electron chi connectivity index (χ1n) is 2.89. The lowest BCUT2D eigenvalue weighted by Gasteiger charge is -2.09. The number of carbonyl (C=O) groups is 3. The Labute approximate surface area is 66.1 Å². The highest BCUT2D eigenvalue weighted by Gasteiger charge is 2.37. The first kappa shape index (κ1) is 8.41. The minimum absolute atomic E-state index is 0.704. The smallest absolute Gasteiger partial charge is 0.388 e. The summed E-state index contributed by atoms with van der Waals surface area (Å²) >= 11 is 0. The lowest BCUT2D eigenvalue weighted by atomic mass is 10.1. The summed E-state index contributed by atoms with van der Waals surface area (Å²) in [5, 5.41) is 19.1. The van der Waals surface area contributed by atoms with Gasteiger partial charge in [-0.1, -0.05) is 0 Å². The van der Waals surface area contributed by atoms with Crippen LogP contribution in [0.5, 0.6) is 0 Å². The van der Waals surface area contributed by atoms with E-state index in [1.165, 1.54) is 0 Å². The summed E-state index contributed by atoms with van der Waals surface area (Å²) in [5.41, 5.74) is 0. The first-order valence-corrected chi connectivity index (χ1v) is 2.89. The Bertz CT molecular complexity index is 299.